The third kappa shape index (κ3) is 2.32. The van der Waals surface area contributed by atoms with Gasteiger partial charge in [-0.2, -0.15) is 0 Å². The first kappa shape index (κ1) is 13.9. The first-order chi connectivity index (χ1) is 9.62. The Morgan fingerprint density at radius 3 is 2.70 bits per heavy atom. The summed E-state index contributed by atoms with van der Waals surface area (Å²) >= 11 is 0. The fourth-order valence-electron chi connectivity index (χ4n) is 3.77. The van der Waals surface area contributed by atoms with E-state index in [4.69, 9.17) is 4.74 Å². The summed E-state index contributed by atoms with van der Waals surface area (Å²) in [7, 11) is 0. The molecule has 1 spiro atoms. The van der Waals surface area contributed by atoms with Gasteiger partial charge < -0.3 is 15.0 Å². The van der Waals surface area contributed by atoms with Crippen molar-refractivity contribution in [3.05, 3.63) is 0 Å². The second kappa shape index (κ2) is 5.35. The number of nitrogens with zero attached hydrogens (tertiary/aromatic N) is 1. The first-order valence-electron chi connectivity index (χ1n) is 7.83. The Hall–Kier alpha value is -1.10. The molecule has 5 nitrogen and oxygen atoms in total. The van der Waals surface area contributed by atoms with Crippen molar-refractivity contribution in [2.24, 2.45) is 5.92 Å². The van der Waals surface area contributed by atoms with Crippen molar-refractivity contribution in [2.45, 2.75) is 57.0 Å². The zero-order chi connectivity index (χ0) is 14.2. The van der Waals surface area contributed by atoms with Crippen LogP contribution in [0.2, 0.25) is 0 Å². The monoisotopic (exact) mass is 280 g/mol. The van der Waals surface area contributed by atoms with Gasteiger partial charge in [-0.3, -0.25) is 9.59 Å². The lowest BCUT2D eigenvalue weighted by atomic mass is 9.89. The van der Waals surface area contributed by atoms with E-state index >= 15 is 0 Å². The second-order valence-corrected chi connectivity index (χ2v) is 6.50. The number of piperazine rings is 1. The molecule has 20 heavy (non-hydrogen) atoms. The summed E-state index contributed by atoms with van der Waals surface area (Å²) in [4.78, 5) is 26.9. The highest BCUT2D eigenvalue weighted by Gasteiger charge is 2.51. The lowest BCUT2D eigenvalue weighted by Crippen LogP contribution is -2.69. The van der Waals surface area contributed by atoms with Gasteiger partial charge >= 0.3 is 0 Å². The average Bonchev–Trinajstić information content (AvgIpc) is 2.92. The minimum Gasteiger partial charge on any atom is -0.381 e. The van der Waals surface area contributed by atoms with E-state index in [2.05, 4.69) is 5.32 Å². The lowest BCUT2D eigenvalue weighted by molar-refractivity contribution is -0.155. The topological polar surface area (TPSA) is 58.6 Å². The maximum atomic E-state index is 12.8. The van der Waals surface area contributed by atoms with Crippen LogP contribution in [0.4, 0.5) is 0 Å². The van der Waals surface area contributed by atoms with E-state index in [-0.39, 0.29) is 17.9 Å². The molecule has 0 aromatic rings. The molecule has 1 saturated carbocycles. The Kier molecular flexibility index (Phi) is 3.71. The number of ether oxygens (including phenoxy) is 1. The van der Waals surface area contributed by atoms with Gasteiger partial charge in [0.05, 0.1) is 6.61 Å². The van der Waals surface area contributed by atoms with Crippen LogP contribution in [0.1, 0.15) is 45.4 Å². The number of carbonyl (C=O) groups is 2. The molecular weight excluding hydrogens is 256 g/mol. The molecule has 3 aliphatic rings. The zero-order valence-corrected chi connectivity index (χ0v) is 12.2. The predicted octanol–water partition coefficient (Wildman–Crippen LogP) is 1.07. The van der Waals surface area contributed by atoms with Crippen molar-refractivity contribution in [1.82, 2.24) is 10.2 Å². The molecule has 0 aromatic carbocycles. The predicted molar refractivity (Wildman–Crippen MR) is 74.1 cm³/mol. The van der Waals surface area contributed by atoms with Gasteiger partial charge in [-0.15, -0.1) is 0 Å². The first-order valence-corrected chi connectivity index (χ1v) is 7.83. The third-order valence-corrected chi connectivity index (χ3v) is 5.05. The fourth-order valence-corrected chi connectivity index (χ4v) is 3.77. The van der Waals surface area contributed by atoms with Crippen LogP contribution in [-0.2, 0) is 14.3 Å². The van der Waals surface area contributed by atoms with Crippen LogP contribution in [0.15, 0.2) is 0 Å². The summed E-state index contributed by atoms with van der Waals surface area (Å²) in [5.41, 5.74) is -0.598. The highest BCUT2D eigenvalue weighted by molar-refractivity contribution is 5.99. The van der Waals surface area contributed by atoms with Gasteiger partial charge in [-0.1, -0.05) is 12.8 Å². The molecule has 3 rings (SSSR count). The third-order valence-electron chi connectivity index (χ3n) is 5.05. The number of rotatable bonds is 2. The number of amides is 2. The van der Waals surface area contributed by atoms with Crippen LogP contribution < -0.4 is 5.32 Å². The summed E-state index contributed by atoms with van der Waals surface area (Å²) in [6.45, 7) is 4.03. The largest absolute Gasteiger partial charge is 0.381 e. The molecule has 2 amide bonds. The molecule has 0 bridgehead atoms. The minimum atomic E-state index is -0.598. The van der Waals surface area contributed by atoms with Crippen LogP contribution >= 0.6 is 0 Å². The van der Waals surface area contributed by atoms with Crippen molar-refractivity contribution in [1.29, 1.82) is 0 Å². The average molecular weight is 280 g/mol. The van der Waals surface area contributed by atoms with Crippen molar-refractivity contribution >= 4 is 11.8 Å². The molecule has 0 radical (unpaired) electrons. The lowest BCUT2D eigenvalue weighted by Gasteiger charge is -2.44. The number of nitrogens with one attached hydrogen (secondary N) is 1. The molecule has 1 N–H and O–H groups in total. The van der Waals surface area contributed by atoms with Crippen molar-refractivity contribution < 1.29 is 14.3 Å². The number of hydrogen-bond donors (Lipinski definition) is 1. The Bertz CT molecular complexity index is 398. The molecule has 5 heteroatoms. The molecule has 2 aliphatic heterocycles. The molecule has 2 atom stereocenters. The fraction of sp³-hybridized carbons (Fsp3) is 0.867. The second-order valence-electron chi connectivity index (χ2n) is 6.50. The maximum Gasteiger partial charge on any atom is 0.249 e. The van der Waals surface area contributed by atoms with Gasteiger partial charge in [0.1, 0.15) is 11.6 Å². The number of hydrogen-bond acceptors (Lipinski definition) is 3. The van der Waals surface area contributed by atoms with Gasteiger partial charge in [0.15, 0.2) is 0 Å². The number of carbonyl (C=O) groups excluding carboxylic acids is 2. The van der Waals surface area contributed by atoms with Crippen LogP contribution in [0, 0.1) is 5.92 Å². The van der Waals surface area contributed by atoms with Gasteiger partial charge in [-0.25, -0.2) is 0 Å². The van der Waals surface area contributed by atoms with Crippen LogP contribution in [0.5, 0.6) is 0 Å². The van der Waals surface area contributed by atoms with E-state index in [9.17, 15) is 9.59 Å². The van der Waals surface area contributed by atoms with Gasteiger partial charge in [-0.05, 0) is 38.5 Å². The Morgan fingerprint density at radius 2 is 2.05 bits per heavy atom. The van der Waals surface area contributed by atoms with Gasteiger partial charge in [0.2, 0.25) is 11.8 Å². The summed E-state index contributed by atoms with van der Waals surface area (Å²) in [6, 6.07) is -0.351. The molecule has 112 valence electrons. The van der Waals surface area contributed by atoms with Crippen molar-refractivity contribution in [3.63, 3.8) is 0 Å². The normalized spacial score (nSPS) is 33.5. The summed E-state index contributed by atoms with van der Waals surface area (Å²) in [5, 5.41) is 3.00. The van der Waals surface area contributed by atoms with E-state index in [1.807, 2.05) is 11.8 Å². The van der Waals surface area contributed by atoms with Crippen molar-refractivity contribution in [3.8, 4) is 0 Å². The van der Waals surface area contributed by atoms with Crippen LogP contribution in [0.3, 0.4) is 0 Å². The summed E-state index contributed by atoms with van der Waals surface area (Å²) in [6.07, 6.45) is 5.79. The van der Waals surface area contributed by atoms with Crippen LogP contribution in [0.25, 0.3) is 0 Å². The summed E-state index contributed by atoms with van der Waals surface area (Å²) < 4.78 is 5.50. The van der Waals surface area contributed by atoms with E-state index in [1.54, 1.807) is 0 Å². The zero-order valence-electron chi connectivity index (χ0n) is 12.2. The quantitative estimate of drug-likeness (QED) is 0.823. The highest BCUT2D eigenvalue weighted by Crippen LogP contribution is 2.35. The molecule has 3 fully saturated rings. The highest BCUT2D eigenvalue weighted by atomic mass is 16.5. The molecule has 2 heterocycles. The molecular formula is C15H24N2O3. The van der Waals surface area contributed by atoms with E-state index in [0.717, 1.165) is 45.1 Å². The van der Waals surface area contributed by atoms with E-state index in [0.29, 0.717) is 19.1 Å². The molecule has 0 aromatic heterocycles. The SMILES string of the molecule is CC1C(=O)NC2(CCCC2)C(=O)N1CC1CCCOC1. The molecule has 2 unspecified atom stereocenters. The minimum absolute atomic E-state index is 0.00299. The molecule has 1 aliphatic carbocycles. The maximum absolute atomic E-state index is 12.8. The Labute approximate surface area is 120 Å². The Balaban J connectivity index is 1.75. The Morgan fingerprint density at radius 1 is 1.30 bits per heavy atom. The van der Waals surface area contributed by atoms with Crippen LogP contribution in [-0.4, -0.2) is 48.1 Å². The van der Waals surface area contributed by atoms with Crippen molar-refractivity contribution in [2.75, 3.05) is 19.8 Å². The smallest absolute Gasteiger partial charge is 0.249 e. The molecule has 2 saturated heterocycles. The van der Waals surface area contributed by atoms with E-state index in [1.165, 1.54) is 0 Å². The van der Waals surface area contributed by atoms with E-state index < -0.39 is 5.54 Å². The standard InChI is InChI=1S/C15H24N2O3/c1-11-13(18)16-15(6-2-3-7-15)14(19)17(11)9-12-5-4-8-20-10-12/h11-12H,2-10H2,1H3,(H,16,18). The van der Waals surface area contributed by atoms with Gasteiger partial charge in [0.25, 0.3) is 0 Å². The van der Waals surface area contributed by atoms with Gasteiger partial charge in [0, 0.05) is 13.2 Å². The summed E-state index contributed by atoms with van der Waals surface area (Å²) in [5.74, 6) is 0.510.